The highest BCUT2D eigenvalue weighted by molar-refractivity contribution is 8.15. The molecular weight excluding hydrogens is 310 g/mol. The third kappa shape index (κ3) is 3.01. The van der Waals surface area contributed by atoms with Gasteiger partial charge in [-0.1, -0.05) is 11.8 Å². The van der Waals surface area contributed by atoms with E-state index in [-0.39, 0.29) is 10.7 Å². The Labute approximate surface area is 141 Å². The molecule has 1 aliphatic carbocycles. The number of hydrogen-bond acceptors (Lipinski definition) is 5. The van der Waals surface area contributed by atoms with Crippen LogP contribution in [0, 0.1) is 5.92 Å². The average Bonchev–Trinajstić information content (AvgIpc) is 2.98. The summed E-state index contributed by atoms with van der Waals surface area (Å²) >= 11 is 1.86. The minimum absolute atomic E-state index is 0.129. The molecule has 4 rings (SSSR count). The number of carbonyl (C=O) groups is 1. The van der Waals surface area contributed by atoms with Crippen molar-refractivity contribution in [2.45, 2.75) is 30.9 Å². The second-order valence-electron chi connectivity index (χ2n) is 7.24. The van der Waals surface area contributed by atoms with E-state index < -0.39 is 0 Å². The SMILES string of the molecule is CC1(C)CN=C(N2CCN(C(=O)[C@H]3C[C@@H]3c3ccco3)CC2)S1. The Morgan fingerprint density at radius 3 is 2.74 bits per heavy atom. The molecule has 6 heteroatoms. The van der Waals surface area contributed by atoms with Crippen molar-refractivity contribution >= 4 is 22.8 Å². The molecule has 1 aromatic rings. The second kappa shape index (κ2) is 5.58. The first-order valence-corrected chi connectivity index (χ1v) is 9.16. The van der Waals surface area contributed by atoms with Gasteiger partial charge in [0.05, 0.1) is 12.8 Å². The van der Waals surface area contributed by atoms with E-state index >= 15 is 0 Å². The summed E-state index contributed by atoms with van der Waals surface area (Å²) in [6.45, 7) is 8.75. The van der Waals surface area contributed by atoms with Gasteiger partial charge in [-0.25, -0.2) is 0 Å². The number of carbonyl (C=O) groups excluding carboxylic acids is 1. The number of aliphatic imine (C=N–C) groups is 1. The van der Waals surface area contributed by atoms with E-state index in [2.05, 4.69) is 23.7 Å². The van der Waals surface area contributed by atoms with Crippen molar-refractivity contribution < 1.29 is 9.21 Å². The molecule has 0 bridgehead atoms. The van der Waals surface area contributed by atoms with Crippen LogP contribution in [0.1, 0.15) is 31.9 Å². The maximum Gasteiger partial charge on any atom is 0.226 e. The molecule has 0 aromatic carbocycles. The Morgan fingerprint density at radius 1 is 1.35 bits per heavy atom. The summed E-state index contributed by atoms with van der Waals surface area (Å²) in [7, 11) is 0. The van der Waals surface area contributed by atoms with Gasteiger partial charge in [-0.05, 0) is 32.4 Å². The van der Waals surface area contributed by atoms with Gasteiger partial charge in [0.2, 0.25) is 5.91 Å². The molecular formula is C17H23N3O2S. The van der Waals surface area contributed by atoms with Crippen LogP contribution >= 0.6 is 11.8 Å². The molecule has 2 atom stereocenters. The van der Waals surface area contributed by atoms with E-state index in [9.17, 15) is 4.79 Å². The molecule has 1 saturated heterocycles. The van der Waals surface area contributed by atoms with Crippen molar-refractivity contribution in [1.29, 1.82) is 0 Å². The van der Waals surface area contributed by atoms with Crippen LogP contribution in [0.2, 0.25) is 0 Å². The van der Waals surface area contributed by atoms with E-state index in [0.717, 1.165) is 50.1 Å². The summed E-state index contributed by atoms with van der Waals surface area (Å²) in [5, 5.41) is 1.15. The fourth-order valence-corrected chi connectivity index (χ4v) is 4.44. The van der Waals surface area contributed by atoms with Crippen LogP contribution in [-0.2, 0) is 4.79 Å². The fourth-order valence-electron chi connectivity index (χ4n) is 3.37. The van der Waals surface area contributed by atoms with Crippen LogP contribution in [0.4, 0.5) is 0 Å². The van der Waals surface area contributed by atoms with Gasteiger partial charge in [0.25, 0.3) is 0 Å². The summed E-state index contributed by atoms with van der Waals surface area (Å²) in [6, 6.07) is 3.88. The molecule has 0 unspecified atom stereocenters. The highest BCUT2D eigenvalue weighted by Crippen LogP contribution is 2.48. The first-order valence-electron chi connectivity index (χ1n) is 8.34. The molecule has 0 radical (unpaired) electrons. The molecule has 1 amide bonds. The van der Waals surface area contributed by atoms with Gasteiger partial charge in [0.15, 0.2) is 5.17 Å². The molecule has 1 saturated carbocycles. The molecule has 3 aliphatic rings. The minimum Gasteiger partial charge on any atom is -0.469 e. The Balaban J connectivity index is 1.30. The fraction of sp³-hybridized carbons (Fsp3) is 0.647. The van der Waals surface area contributed by atoms with E-state index in [1.165, 1.54) is 0 Å². The predicted octanol–water partition coefficient (Wildman–Crippen LogP) is 2.41. The van der Waals surface area contributed by atoms with Crippen LogP contribution in [0.5, 0.6) is 0 Å². The molecule has 2 fully saturated rings. The maximum atomic E-state index is 12.6. The van der Waals surface area contributed by atoms with E-state index in [1.807, 2.05) is 28.8 Å². The molecule has 0 spiro atoms. The summed E-state index contributed by atoms with van der Waals surface area (Å²) in [4.78, 5) is 21.6. The van der Waals surface area contributed by atoms with Crippen LogP contribution in [0.25, 0.3) is 0 Å². The van der Waals surface area contributed by atoms with Crippen molar-refractivity contribution in [1.82, 2.24) is 9.80 Å². The lowest BCUT2D eigenvalue weighted by molar-refractivity contribution is -0.133. The summed E-state index contributed by atoms with van der Waals surface area (Å²) in [5.74, 6) is 1.68. The predicted molar refractivity (Wildman–Crippen MR) is 91.7 cm³/mol. The highest BCUT2D eigenvalue weighted by atomic mass is 32.2. The lowest BCUT2D eigenvalue weighted by Gasteiger charge is -2.36. The van der Waals surface area contributed by atoms with E-state index in [4.69, 9.17) is 4.42 Å². The molecule has 5 nitrogen and oxygen atoms in total. The first-order chi connectivity index (χ1) is 11.0. The Hall–Kier alpha value is -1.43. The van der Waals surface area contributed by atoms with Crippen LogP contribution in [0.3, 0.4) is 0 Å². The molecule has 1 aromatic heterocycles. The number of piperazine rings is 1. The molecule has 0 N–H and O–H groups in total. The Bertz CT molecular complexity index is 618. The van der Waals surface area contributed by atoms with Gasteiger partial charge in [0, 0.05) is 42.8 Å². The third-order valence-corrected chi connectivity index (χ3v) is 6.09. The quantitative estimate of drug-likeness (QED) is 0.834. The zero-order valence-corrected chi connectivity index (χ0v) is 14.5. The van der Waals surface area contributed by atoms with Gasteiger partial charge < -0.3 is 14.2 Å². The standard InChI is InChI=1S/C17H23N3O2S/c1-17(2)11-18-16(23-17)20-7-5-19(6-8-20)15(21)13-10-12(13)14-4-3-9-22-14/h3-4,9,12-13H,5-8,10-11H2,1-2H3/t12-,13-/m0/s1. The van der Waals surface area contributed by atoms with Gasteiger partial charge in [-0.2, -0.15) is 0 Å². The number of thioether (sulfide) groups is 1. The maximum absolute atomic E-state index is 12.6. The molecule has 124 valence electrons. The lowest BCUT2D eigenvalue weighted by atomic mass is 10.2. The van der Waals surface area contributed by atoms with Crippen LogP contribution in [0.15, 0.2) is 27.8 Å². The molecule has 3 heterocycles. The topological polar surface area (TPSA) is 49.0 Å². The number of rotatable bonds is 2. The summed E-state index contributed by atoms with van der Waals surface area (Å²) < 4.78 is 5.65. The number of furan rings is 1. The average molecular weight is 333 g/mol. The van der Waals surface area contributed by atoms with Crippen LogP contribution in [-0.4, -0.2) is 58.3 Å². The number of hydrogen-bond donors (Lipinski definition) is 0. The Kier molecular flexibility index (Phi) is 3.67. The number of nitrogens with zero attached hydrogens (tertiary/aromatic N) is 3. The third-order valence-electron chi connectivity index (χ3n) is 4.84. The van der Waals surface area contributed by atoms with Crippen molar-refractivity contribution in [2.75, 3.05) is 32.7 Å². The largest absolute Gasteiger partial charge is 0.469 e. The van der Waals surface area contributed by atoms with Gasteiger partial charge in [-0.15, -0.1) is 0 Å². The summed E-state index contributed by atoms with van der Waals surface area (Å²) in [5.41, 5.74) is 0. The molecule has 2 aliphatic heterocycles. The van der Waals surface area contributed by atoms with Crippen molar-refractivity contribution in [3.8, 4) is 0 Å². The van der Waals surface area contributed by atoms with Gasteiger partial charge in [0.1, 0.15) is 5.76 Å². The normalized spacial score (nSPS) is 29.6. The second-order valence-corrected chi connectivity index (χ2v) is 8.91. The minimum atomic E-state index is 0.129. The summed E-state index contributed by atoms with van der Waals surface area (Å²) in [6.07, 6.45) is 2.62. The first kappa shape index (κ1) is 15.1. The highest BCUT2D eigenvalue weighted by Gasteiger charge is 2.48. The van der Waals surface area contributed by atoms with E-state index in [0.29, 0.717) is 11.8 Å². The monoisotopic (exact) mass is 333 g/mol. The zero-order valence-electron chi connectivity index (χ0n) is 13.7. The van der Waals surface area contributed by atoms with Gasteiger partial charge >= 0.3 is 0 Å². The zero-order chi connectivity index (χ0) is 16.0. The van der Waals surface area contributed by atoms with Crippen molar-refractivity contribution in [2.24, 2.45) is 10.9 Å². The number of amides is 1. The molecule has 23 heavy (non-hydrogen) atoms. The van der Waals surface area contributed by atoms with Crippen molar-refractivity contribution in [3.63, 3.8) is 0 Å². The Morgan fingerprint density at radius 2 is 2.13 bits per heavy atom. The number of amidine groups is 1. The van der Waals surface area contributed by atoms with Crippen LogP contribution < -0.4 is 0 Å². The van der Waals surface area contributed by atoms with Gasteiger partial charge in [-0.3, -0.25) is 9.79 Å². The van der Waals surface area contributed by atoms with Crippen molar-refractivity contribution in [3.05, 3.63) is 24.2 Å². The van der Waals surface area contributed by atoms with E-state index in [1.54, 1.807) is 6.26 Å². The smallest absolute Gasteiger partial charge is 0.226 e. The lowest BCUT2D eigenvalue weighted by Crippen LogP contribution is -2.50.